The van der Waals surface area contributed by atoms with Crippen molar-refractivity contribution < 1.29 is 9.47 Å². The summed E-state index contributed by atoms with van der Waals surface area (Å²) in [5.74, 6) is 0.933. The second kappa shape index (κ2) is 6.43. The molecule has 1 atom stereocenters. The molecule has 15 heavy (non-hydrogen) atoms. The van der Waals surface area contributed by atoms with Crippen LogP contribution >= 0.6 is 0 Å². The Kier molecular flexibility index (Phi) is 5.15. The molecule has 3 heteroatoms. The van der Waals surface area contributed by atoms with Crippen molar-refractivity contribution in [2.45, 2.75) is 18.9 Å². The van der Waals surface area contributed by atoms with Crippen LogP contribution in [0.3, 0.4) is 0 Å². The molecule has 2 N–H and O–H groups in total. The van der Waals surface area contributed by atoms with Gasteiger partial charge in [0.15, 0.2) is 0 Å². The van der Waals surface area contributed by atoms with Gasteiger partial charge in [-0.15, -0.1) is 0 Å². The maximum absolute atomic E-state index is 5.86. The molecule has 0 heterocycles. The standard InChI is InChI=1S/C12H19NO2/c1-14-9-11(13)8-7-10-5-3-4-6-12(10)15-2/h3-6,11H,7-9,13H2,1-2H3. The summed E-state index contributed by atoms with van der Waals surface area (Å²) in [6.07, 6.45) is 1.84. The van der Waals surface area contributed by atoms with Crippen LogP contribution in [-0.2, 0) is 11.2 Å². The van der Waals surface area contributed by atoms with Crippen LogP contribution in [0.2, 0.25) is 0 Å². The lowest BCUT2D eigenvalue weighted by Crippen LogP contribution is -2.26. The topological polar surface area (TPSA) is 44.5 Å². The van der Waals surface area contributed by atoms with Crippen LogP contribution in [0.15, 0.2) is 24.3 Å². The molecular formula is C12H19NO2. The number of hydrogen-bond acceptors (Lipinski definition) is 3. The van der Waals surface area contributed by atoms with Gasteiger partial charge in [-0.2, -0.15) is 0 Å². The first-order chi connectivity index (χ1) is 7.27. The predicted octanol–water partition coefficient (Wildman–Crippen LogP) is 1.60. The zero-order valence-electron chi connectivity index (χ0n) is 9.40. The summed E-state index contributed by atoms with van der Waals surface area (Å²) in [6, 6.07) is 8.12. The Morgan fingerprint density at radius 3 is 2.67 bits per heavy atom. The van der Waals surface area contributed by atoms with Gasteiger partial charge in [0.25, 0.3) is 0 Å². The van der Waals surface area contributed by atoms with Crippen LogP contribution in [0.25, 0.3) is 0 Å². The Labute approximate surface area is 91.2 Å². The second-order valence-electron chi connectivity index (χ2n) is 3.57. The van der Waals surface area contributed by atoms with Gasteiger partial charge in [-0.1, -0.05) is 18.2 Å². The number of methoxy groups -OCH3 is 2. The molecule has 84 valence electrons. The zero-order valence-corrected chi connectivity index (χ0v) is 9.40. The van der Waals surface area contributed by atoms with Crippen molar-refractivity contribution in [1.82, 2.24) is 0 Å². The van der Waals surface area contributed by atoms with Crippen molar-refractivity contribution in [3.05, 3.63) is 29.8 Å². The molecule has 0 spiro atoms. The quantitative estimate of drug-likeness (QED) is 0.774. The molecule has 1 aromatic carbocycles. The minimum absolute atomic E-state index is 0.0971. The van der Waals surface area contributed by atoms with E-state index in [0.717, 1.165) is 18.6 Å². The number of aryl methyl sites for hydroxylation is 1. The first-order valence-corrected chi connectivity index (χ1v) is 5.14. The van der Waals surface area contributed by atoms with E-state index in [1.54, 1.807) is 14.2 Å². The van der Waals surface area contributed by atoms with E-state index in [1.165, 1.54) is 5.56 Å². The zero-order chi connectivity index (χ0) is 11.1. The lowest BCUT2D eigenvalue weighted by atomic mass is 10.1. The van der Waals surface area contributed by atoms with Crippen LogP contribution in [0.5, 0.6) is 5.75 Å². The Bertz CT molecular complexity index is 289. The largest absolute Gasteiger partial charge is 0.496 e. The summed E-state index contributed by atoms with van der Waals surface area (Å²) in [4.78, 5) is 0. The molecule has 1 aromatic rings. The monoisotopic (exact) mass is 209 g/mol. The first-order valence-electron chi connectivity index (χ1n) is 5.14. The molecule has 1 unspecified atom stereocenters. The van der Waals surface area contributed by atoms with E-state index in [0.29, 0.717) is 6.61 Å². The molecule has 0 saturated carbocycles. The third kappa shape index (κ3) is 3.90. The summed E-state index contributed by atoms with van der Waals surface area (Å²) >= 11 is 0. The minimum Gasteiger partial charge on any atom is -0.496 e. The van der Waals surface area contributed by atoms with Gasteiger partial charge >= 0.3 is 0 Å². The fourth-order valence-corrected chi connectivity index (χ4v) is 1.55. The summed E-state index contributed by atoms with van der Waals surface area (Å²) < 4.78 is 10.3. The Morgan fingerprint density at radius 1 is 1.27 bits per heavy atom. The molecule has 0 aromatic heterocycles. The van der Waals surface area contributed by atoms with Gasteiger partial charge in [-0.25, -0.2) is 0 Å². The predicted molar refractivity (Wildman–Crippen MR) is 61.2 cm³/mol. The number of benzene rings is 1. The van der Waals surface area contributed by atoms with Crippen molar-refractivity contribution in [2.24, 2.45) is 5.73 Å². The maximum atomic E-state index is 5.86. The van der Waals surface area contributed by atoms with Gasteiger partial charge < -0.3 is 15.2 Å². The number of hydrogen-bond donors (Lipinski definition) is 1. The molecule has 0 amide bonds. The molecule has 0 aliphatic rings. The highest BCUT2D eigenvalue weighted by atomic mass is 16.5. The van der Waals surface area contributed by atoms with E-state index in [9.17, 15) is 0 Å². The molecule has 0 radical (unpaired) electrons. The van der Waals surface area contributed by atoms with E-state index >= 15 is 0 Å². The first kappa shape index (κ1) is 12.0. The molecule has 1 rings (SSSR count). The molecule has 0 bridgehead atoms. The second-order valence-corrected chi connectivity index (χ2v) is 3.57. The molecule has 0 saturated heterocycles. The highest BCUT2D eigenvalue weighted by molar-refractivity contribution is 5.33. The van der Waals surface area contributed by atoms with E-state index in [4.69, 9.17) is 15.2 Å². The van der Waals surface area contributed by atoms with Gasteiger partial charge in [0.2, 0.25) is 0 Å². The fourth-order valence-electron chi connectivity index (χ4n) is 1.55. The van der Waals surface area contributed by atoms with Crippen molar-refractivity contribution >= 4 is 0 Å². The summed E-state index contributed by atoms with van der Waals surface area (Å²) in [7, 11) is 3.36. The smallest absolute Gasteiger partial charge is 0.122 e. The SMILES string of the molecule is COCC(N)CCc1ccccc1OC. The highest BCUT2D eigenvalue weighted by Gasteiger charge is 2.05. The molecule has 0 aliphatic heterocycles. The van der Waals surface area contributed by atoms with Crippen LogP contribution in [0, 0.1) is 0 Å². The normalized spacial score (nSPS) is 12.5. The van der Waals surface area contributed by atoms with Crippen LogP contribution in [-0.4, -0.2) is 26.9 Å². The van der Waals surface area contributed by atoms with E-state index in [2.05, 4.69) is 6.07 Å². The van der Waals surface area contributed by atoms with Gasteiger partial charge in [0.1, 0.15) is 5.75 Å². The van der Waals surface area contributed by atoms with E-state index in [1.807, 2.05) is 18.2 Å². The Hall–Kier alpha value is -1.06. The van der Waals surface area contributed by atoms with Crippen LogP contribution < -0.4 is 10.5 Å². The van der Waals surface area contributed by atoms with Crippen molar-refractivity contribution in [1.29, 1.82) is 0 Å². The summed E-state index contributed by atoms with van der Waals surface area (Å²) in [5.41, 5.74) is 7.06. The summed E-state index contributed by atoms with van der Waals surface area (Å²) in [5, 5.41) is 0. The lowest BCUT2D eigenvalue weighted by molar-refractivity contribution is 0.177. The third-order valence-corrected chi connectivity index (χ3v) is 2.36. The van der Waals surface area contributed by atoms with E-state index in [-0.39, 0.29) is 6.04 Å². The maximum Gasteiger partial charge on any atom is 0.122 e. The Morgan fingerprint density at radius 2 is 2.00 bits per heavy atom. The van der Waals surface area contributed by atoms with Crippen LogP contribution in [0.4, 0.5) is 0 Å². The van der Waals surface area contributed by atoms with Crippen molar-refractivity contribution in [3.8, 4) is 5.75 Å². The van der Waals surface area contributed by atoms with E-state index < -0.39 is 0 Å². The molecule has 0 fully saturated rings. The molecule has 0 aliphatic carbocycles. The average Bonchev–Trinajstić information content (AvgIpc) is 2.27. The average molecular weight is 209 g/mol. The number of ether oxygens (including phenoxy) is 2. The number of nitrogens with two attached hydrogens (primary N) is 1. The van der Waals surface area contributed by atoms with Gasteiger partial charge in [0, 0.05) is 13.2 Å². The highest BCUT2D eigenvalue weighted by Crippen LogP contribution is 2.19. The van der Waals surface area contributed by atoms with Crippen molar-refractivity contribution in [2.75, 3.05) is 20.8 Å². The van der Waals surface area contributed by atoms with Crippen molar-refractivity contribution in [3.63, 3.8) is 0 Å². The van der Waals surface area contributed by atoms with Gasteiger partial charge in [0.05, 0.1) is 13.7 Å². The number of para-hydroxylation sites is 1. The fraction of sp³-hybridized carbons (Fsp3) is 0.500. The van der Waals surface area contributed by atoms with Crippen LogP contribution in [0.1, 0.15) is 12.0 Å². The van der Waals surface area contributed by atoms with Gasteiger partial charge in [-0.05, 0) is 24.5 Å². The molecule has 3 nitrogen and oxygen atoms in total. The lowest BCUT2D eigenvalue weighted by Gasteiger charge is -2.12. The number of rotatable bonds is 6. The van der Waals surface area contributed by atoms with Gasteiger partial charge in [-0.3, -0.25) is 0 Å². The molecular weight excluding hydrogens is 190 g/mol. The third-order valence-electron chi connectivity index (χ3n) is 2.36. The summed E-state index contributed by atoms with van der Waals surface area (Å²) in [6.45, 7) is 0.606. The Balaban J connectivity index is 2.49. The minimum atomic E-state index is 0.0971.